The summed E-state index contributed by atoms with van der Waals surface area (Å²) in [4.78, 5) is 25.6. The number of carbonyl (C=O) groups is 2. The second-order valence-electron chi connectivity index (χ2n) is 5.49. The molecule has 0 heterocycles. The SMILES string of the molecule is COc1ccc(N(CCNC(=O)c2ccc(C)cc2)C(C)=O)cc1. The Morgan fingerprint density at radius 2 is 1.67 bits per heavy atom. The maximum atomic E-state index is 12.1. The van der Waals surface area contributed by atoms with Gasteiger partial charge in [-0.1, -0.05) is 17.7 Å². The van der Waals surface area contributed by atoms with E-state index in [1.807, 2.05) is 31.2 Å². The van der Waals surface area contributed by atoms with Crippen molar-refractivity contribution in [3.63, 3.8) is 0 Å². The second kappa shape index (κ2) is 8.15. The molecule has 0 radical (unpaired) electrons. The van der Waals surface area contributed by atoms with E-state index >= 15 is 0 Å². The number of nitrogens with zero attached hydrogens (tertiary/aromatic N) is 1. The van der Waals surface area contributed by atoms with Crippen molar-refractivity contribution in [1.29, 1.82) is 0 Å². The Labute approximate surface area is 142 Å². The minimum Gasteiger partial charge on any atom is -0.497 e. The highest BCUT2D eigenvalue weighted by Gasteiger charge is 2.12. The topological polar surface area (TPSA) is 58.6 Å². The first-order valence-electron chi connectivity index (χ1n) is 7.78. The van der Waals surface area contributed by atoms with Gasteiger partial charge in [0.15, 0.2) is 0 Å². The number of benzene rings is 2. The lowest BCUT2D eigenvalue weighted by atomic mass is 10.1. The average molecular weight is 326 g/mol. The molecule has 5 nitrogen and oxygen atoms in total. The third-order valence-electron chi connectivity index (χ3n) is 3.70. The number of methoxy groups -OCH3 is 1. The molecule has 0 saturated carbocycles. The van der Waals surface area contributed by atoms with E-state index in [-0.39, 0.29) is 11.8 Å². The lowest BCUT2D eigenvalue weighted by molar-refractivity contribution is -0.116. The van der Waals surface area contributed by atoms with Crippen LogP contribution in [0.2, 0.25) is 0 Å². The summed E-state index contributed by atoms with van der Waals surface area (Å²) >= 11 is 0. The van der Waals surface area contributed by atoms with Crippen molar-refractivity contribution in [3.05, 3.63) is 59.7 Å². The molecule has 0 unspecified atom stereocenters. The van der Waals surface area contributed by atoms with Crippen LogP contribution in [0.15, 0.2) is 48.5 Å². The van der Waals surface area contributed by atoms with Crippen LogP contribution in [0.1, 0.15) is 22.8 Å². The molecule has 1 N–H and O–H groups in total. The summed E-state index contributed by atoms with van der Waals surface area (Å²) in [5, 5.41) is 2.84. The van der Waals surface area contributed by atoms with Crippen molar-refractivity contribution in [2.45, 2.75) is 13.8 Å². The maximum Gasteiger partial charge on any atom is 0.251 e. The number of aryl methyl sites for hydroxylation is 1. The third kappa shape index (κ3) is 4.59. The highest BCUT2D eigenvalue weighted by molar-refractivity contribution is 5.94. The summed E-state index contributed by atoms with van der Waals surface area (Å²) in [7, 11) is 1.60. The summed E-state index contributed by atoms with van der Waals surface area (Å²) < 4.78 is 5.12. The molecule has 2 rings (SSSR count). The van der Waals surface area contributed by atoms with E-state index < -0.39 is 0 Å². The third-order valence-corrected chi connectivity index (χ3v) is 3.70. The second-order valence-corrected chi connectivity index (χ2v) is 5.49. The smallest absolute Gasteiger partial charge is 0.251 e. The van der Waals surface area contributed by atoms with Gasteiger partial charge in [-0.2, -0.15) is 0 Å². The van der Waals surface area contributed by atoms with Gasteiger partial charge >= 0.3 is 0 Å². The summed E-state index contributed by atoms with van der Waals surface area (Å²) in [6.45, 7) is 4.25. The lowest BCUT2D eigenvalue weighted by Crippen LogP contribution is -2.37. The number of ether oxygens (including phenoxy) is 1. The largest absolute Gasteiger partial charge is 0.497 e. The molecule has 0 saturated heterocycles. The Balaban J connectivity index is 1.95. The minimum atomic E-state index is -0.145. The normalized spacial score (nSPS) is 10.1. The first-order valence-corrected chi connectivity index (χ1v) is 7.78. The van der Waals surface area contributed by atoms with E-state index in [0.717, 1.165) is 17.0 Å². The molecular weight excluding hydrogens is 304 g/mol. The molecule has 0 aliphatic rings. The van der Waals surface area contributed by atoms with Crippen molar-refractivity contribution >= 4 is 17.5 Å². The van der Waals surface area contributed by atoms with Crippen molar-refractivity contribution < 1.29 is 14.3 Å². The van der Waals surface area contributed by atoms with Crippen LogP contribution in [0.5, 0.6) is 5.75 Å². The van der Waals surface area contributed by atoms with Gasteiger partial charge in [0, 0.05) is 31.3 Å². The zero-order valence-corrected chi connectivity index (χ0v) is 14.2. The lowest BCUT2D eigenvalue weighted by Gasteiger charge is -2.21. The van der Waals surface area contributed by atoms with E-state index in [4.69, 9.17) is 4.74 Å². The number of nitrogens with one attached hydrogen (secondary N) is 1. The fraction of sp³-hybridized carbons (Fsp3) is 0.263. The van der Waals surface area contributed by atoms with Crippen molar-refractivity contribution in [2.75, 3.05) is 25.1 Å². The fourth-order valence-electron chi connectivity index (χ4n) is 2.32. The molecular formula is C19H22N2O3. The van der Waals surface area contributed by atoms with Gasteiger partial charge in [-0.15, -0.1) is 0 Å². The summed E-state index contributed by atoms with van der Waals surface area (Å²) in [5.74, 6) is 0.507. The monoisotopic (exact) mass is 326 g/mol. The Morgan fingerprint density at radius 1 is 1.04 bits per heavy atom. The van der Waals surface area contributed by atoms with Gasteiger partial charge in [0.25, 0.3) is 5.91 Å². The predicted molar refractivity (Wildman–Crippen MR) is 94.5 cm³/mol. The standard InChI is InChI=1S/C19H22N2O3/c1-14-4-6-16(7-5-14)19(23)20-12-13-21(15(2)22)17-8-10-18(24-3)11-9-17/h4-11H,12-13H2,1-3H3,(H,20,23). The molecule has 2 aromatic rings. The molecule has 0 aromatic heterocycles. The molecule has 24 heavy (non-hydrogen) atoms. The van der Waals surface area contributed by atoms with Crippen LogP contribution in [0, 0.1) is 6.92 Å². The number of rotatable bonds is 6. The minimum absolute atomic E-state index is 0.0789. The molecule has 0 atom stereocenters. The van der Waals surface area contributed by atoms with E-state index in [2.05, 4.69) is 5.32 Å². The molecule has 0 spiro atoms. The molecule has 2 aromatic carbocycles. The zero-order chi connectivity index (χ0) is 17.5. The summed E-state index contributed by atoms with van der Waals surface area (Å²) in [6, 6.07) is 14.6. The average Bonchev–Trinajstić information content (AvgIpc) is 2.59. The summed E-state index contributed by atoms with van der Waals surface area (Å²) in [6.07, 6.45) is 0. The summed E-state index contributed by atoms with van der Waals surface area (Å²) in [5.41, 5.74) is 2.49. The molecule has 5 heteroatoms. The van der Waals surface area contributed by atoms with E-state index in [1.54, 1.807) is 36.3 Å². The Morgan fingerprint density at radius 3 is 2.21 bits per heavy atom. The van der Waals surface area contributed by atoms with Gasteiger partial charge < -0.3 is 15.0 Å². The Hall–Kier alpha value is -2.82. The maximum absolute atomic E-state index is 12.1. The molecule has 0 aliphatic carbocycles. The van der Waals surface area contributed by atoms with Crippen molar-refractivity contribution in [2.24, 2.45) is 0 Å². The first-order chi connectivity index (χ1) is 11.5. The first kappa shape index (κ1) is 17.5. The quantitative estimate of drug-likeness (QED) is 0.888. The Kier molecular flexibility index (Phi) is 5.95. The Bertz CT molecular complexity index is 694. The molecule has 0 aliphatic heterocycles. The van der Waals surface area contributed by atoms with Gasteiger partial charge in [0.05, 0.1) is 7.11 Å². The fourth-order valence-corrected chi connectivity index (χ4v) is 2.32. The van der Waals surface area contributed by atoms with E-state index in [9.17, 15) is 9.59 Å². The molecule has 0 fully saturated rings. The van der Waals surface area contributed by atoms with Crippen LogP contribution in [-0.4, -0.2) is 32.0 Å². The number of anilines is 1. The van der Waals surface area contributed by atoms with Gasteiger partial charge in [-0.25, -0.2) is 0 Å². The highest BCUT2D eigenvalue weighted by atomic mass is 16.5. The van der Waals surface area contributed by atoms with Crippen LogP contribution < -0.4 is 15.0 Å². The number of hydrogen-bond acceptors (Lipinski definition) is 3. The molecule has 2 amide bonds. The number of carbonyl (C=O) groups excluding carboxylic acids is 2. The van der Waals surface area contributed by atoms with Gasteiger partial charge in [0.2, 0.25) is 5.91 Å². The highest BCUT2D eigenvalue weighted by Crippen LogP contribution is 2.19. The van der Waals surface area contributed by atoms with Gasteiger partial charge in [0.1, 0.15) is 5.75 Å². The molecule has 0 bridgehead atoms. The van der Waals surface area contributed by atoms with Crippen LogP contribution in [0.4, 0.5) is 5.69 Å². The van der Waals surface area contributed by atoms with Crippen LogP contribution in [0.3, 0.4) is 0 Å². The van der Waals surface area contributed by atoms with Gasteiger partial charge in [-0.05, 0) is 43.3 Å². The van der Waals surface area contributed by atoms with Crippen LogP contribution in [0.25, 0.3) is 0 Å². The van der Waals surface area contributed by atoms with Crippen molar-refractivity contribution in [3.8, 4) is 5.75 Å². The van der Waals surface area contributed by atoms with E-state index in [1.165, 1.54) is 6.92 Å². The van der Waals surface area contributed by atoms with Crippen LogP contribution in [-0.2, 0) is 4.79 Å². The predicted octanol–water partition coefficient (Wildman–Crippen LogP) is 2.79. The molecule has 126 valence electrons. The number of hydrogen-bond donors (Lipinski definition) is 1. The van der Waals surface area contributed by atoms with Gasteiger partial charge in [-0.3, -0.25) is 9.59 Å². The van der Waals surface area contributed by atoms with Crippen molar-refractivity contribution in [1.82, 2.24) is 5.32 Å². The number of amides is 2. The zero-order valence-electron chi connectivity index (χ0n) is 14.2. The van der Waals surface area contributed by atoms with Crippen LogP contribution >= 0.6 is 0 Å². The van der Waals surface area contributed by atoms with E-state index in [0.29, 0.717) is 18.7 Å².